The van der Waals surface area contributed by atoms with Crippen molar-refractivity contribution in [1.29, 1.82) is 0 Å². The molecule has 1 saturated heterocycles. The summed E-state index contributed by atoms with van der Waals surface area (Å²) in [4.78, 5) is 13.9. The number of para-hydroxylation sites is 1. The molecule has 0 saturated carbocycles. The second-order valence-corrected chi connectivity index (χ2v) is 5.42. The Kier molecular flexibility index (Phi) is 5.15. The van der Waals surface area contributed by atoms with E-state index in [2.05, 4.69) is 18.7 Å². The number of nitrogens with zero attached hydrogens (tertiary/aromatic N) is 1. The van der Waals surface area contributed by atoms with Crippen LogP contribution >= 0.6 is 0 Å². The number of hydrogen-bond acceptors (Lipinski definition) is 4. The lowest BCUT2D eigenvalue weighted by Gasteiger charge is -2.35. The lowest BCUT2D eigenvalue weighted by Crippen LogP contribution is -2.46. The van der Waals surface area contributed by atoms with E-state index in [0.717, 1.165) is 19.6 Å². The zero-order valence-electron chi connectivity index (χ0n) is 12.5. The molecule has 0 aromatic heterocycles. The van der Waals surface area contributed by atoms with E-state index in [4.69, 9.17) is 9.47 Å². The molecule has 2 rings (SSSR count). The van der Waals surface area contributed by atoms with E-state index in [0.29, 0.717) is 17.9 Å². The third-order valence-corrected chi connectivity index (χ3v) is 3.43. The van der Waals surface area contributed by atoms with Crippen molar-refractivity contribution in [2.45, 2.75) is 33.0 Å². The molecule has 0 N–H and O–H groups in total. The number of hydrogen-bond donors (Lipinski definition) is 0. The number of ketones is 1. The second kappa shape index (κ2) is 6.86. The Balaban J connectivity index is 1.85. The van der Waals surface area contributed by atoms with Gasteiger partial charge in [-0.15, -0.1) is 0 Å². The van der Waals surface area contributed by atoms with Gasteiger partial charge in [-0.2, -0.15) is 0 Å². The highest BCUT2D eigenvalue weighted by molar-refractivity contribution is 5.96. The van der Waals surface area contributed by atoms with Crippen LogP contribution in [-0.4, -0.2) is 49.1 Å². The van der Waals surface area contributed by atoms with Crippen LogP contribution in [0.2, 0.25) is 0 Å². The van der Waals surface area contributed by atoms with Crippen molar-refractivity contribution in [2.24, 2.45) is 0 Å². The summed E-state index contributed by atoms with van der Waals surface area (Å²) in [5, 5.41) is 0. The molecule has 0 spiro atoms. The molecule has 0 radical (unpaired) electrons. The molecule has 1 heterocycles. The lowest BCUT2D eigenvalue weighted by atomic mass is 10.1. The lowest BCUT2D eigenvalue weighted by molar-refractivity contribution is -0.0699. The average molecular weight is 277 g/mol. The third kappa shape index (κ3) is 4.05. The average Bonchev–Trinajstić information content (AvgIpc) is 2.38. The highest BCUT2D eigenvalue weighted by atomic mass is 16.5. The van der Waals surface area contributed by atoms with Gasteiger partial charge in [0.2, 0.25) is 0 Å². The highest BCUT2D eigenvalue weighted by Crippen LogP contribution is 2.18. The maximum atomic E-state index is 11.5. The van der Waals surface area contributed by atoms with Gasteiger partial charge < -0.3 is 9.47 Å². The Hall–Kier alpha value is -1.39. The summed E-state index contributed by atoms with van der Waals surface area (Å²) in [5.74, 6) is 0.712. The van der Waals surface area contributed by atoms with Gasteiger partial charge in [0.05, 0.1) is 17.8 Å². The molecule has 4 nitrogen and oxygen atoms in total. The SMILES string of the molecule is CC(=O)c1ccccc1OCCN1CC(C)OC(C)C1. The van der Waals surface area contributed by atoms with Crippen LogP contribution < -0.4 is 4.74 Å². The van der Waals surface area contributed by atoms with Gasteiger partial charge in [-0.3, -0.25) is 9.69 Å². The first kappa shape index (κ1) is 15.0. The number of carbonyl (C=O) groups is 1. The fourth-order valence-electron chi connectivity index (χ4n) is 2.64. The third-order valence-electron chi connectivity index (χ3n) is 3.43. The van der Waals surface area contributed by atoms with Crippen molar-refractivity contribution in [2.75, 3.05) is 26.2 Å². The molecule has 1 aromatic carbocycles. The normalized spacial score (nSPS) is 23.6. The predicted molar refractivity (Wildman–Crippen MR) is 78.4 cm³/mol. The van der Waals surface area contributed by atoms with Crippen molar-refractivity contribution in [3.8, 4) is 5.75 Å². The summed E-state index contributed by atoms with van der Waals surface area (Å²) in [7, 11) is 0. The van der Waals surface area contributed by atoms with Crippen molar-refractivity contribution < 1.29 is 14.3 Å². The molecule has 2 unspecified atom stereocenters. The molecule has 0 bridgehead atoms. The number of carbonyl (C=O) groups excluding carboxylic acids is 1. The zero-order valence-corrected chi connectivity index (χ0v) is 12.5. The van der Waals surface area contributed by atoms with Crippen LogP contribution in [0.5, 0.6) is 5.75 Å². The van der Waals surface area contributed by atoms with Crippen LogP contribution in [-0.2, 0) is 4.74 Å². The van der Waals surface area contributed by atoms with E-state index in [9.17, 15) is 4.79 Å². The van der Waals surface area contributed by atoms with Crippen LogP contribution in [0.4, 0.5) is 0 Å². The van der Waals surface area contributed by atoms with Gasteiger partial charge in [-0.05, 0) is 32.9 Å². The first-order valence-corrected chi connectivity index (χ1v) is 7.17. The molecular formula is C16H23NO3. The Morgan fingerprint density at radius 1 is 1.30 bits per heavy atom. The largest absolute Gasteiger partial charge is 0.491 e. The molecule has 1 aromatic rings. The number of ether oxygens (including phenoxy) is 2. The number of Topliss-reactive ketones (excluding diaryl/α,β-unsaturated/α-hetero) is 1. The molecule has 0 amide bonds. The summed E-state index contributed by atoms with van der Waals surface area (Å²) in [5.41, 5.74) is 0.649. The van der Waals surface area contributed by atoms with E-state index in [1.54, 1.807) is 13.0 Å². The summed E-state index contributed by atoms with van der Waals surface area (Å²) in [6.07, 6.45) is 0.534. The molecule has 1 aliphatic heterocycles. The van der Waals surface area contributed by atoms with Crippen LogP contribution in [0.1, 0.15) is 31.1 Å². The van der Waals surface area contributed by atoms with Gasteiger partial charge in [0, 0.05) is 19.6 Å². The molecule has 110 valence electrons. The van der Waals surface area contributed by atoms with E-state index in [-0.39, 0.29) is 18.0 Å². The fourth-order valence-corrected chi connectivity index (χ4v) is 2.64. The summed E-state index contributed by atoms with van der Waals surface area (Å²) in [6, 6.07) is 7.40. The van der Waals surface area contributed by atoms with Crippen molar-refractivity contribution >= 4 is 5.78 Å². The molecule has 1 fully saturated rings. The molecule has 20 heavy (non-hydrogen) atoms. The van der Waals surface area contributed by atoms with E-state index in [1.807, 2.05) is 18.2 Å². The quantitative estimate of drug-likeness (QED) is 0.775. The number of benzene rings is 1. The summed E-state index contributed by atoms with van der Waals surface area (Å²) < 4.78 is 11.5. The molecule has 4 heteroatoms. The van der Waals surface area contributed by atoms with Crippen LogP contribution in [0, 0.1) is 0 Å². The topological polar surface area (TPSA) is 38.8 Å². The Morgan fingerprint density at radius 3 is 2.60 bits per heavy atom. The van der Waals surface area contributed by atoms with Crippen LogP contribution in [0.25, 0.3) is 0 Å². The molecule has 1 aliphatic rings. The molecule has 2 atom stereocenters. The van der Waals surface area contributed by atoms with Gasteiger partial charge in [0.15, 0.2) is 5.78 Å². The van der Waals surface area contributed by atoms with Gasteiger partial charge in [0.25, 0.3) is 0 Å². The second-order valence-electron chi connectivity index (χ2n) is 5.42. The minimum atomic E-state index is 0.0363. The van der Waals surface area contributed by atoms with Gasteiger partial charge in [-0.25, -0.2) is 0 Å². The van der Waals surface area contributed by atoms with Crippen LogP contribution in [0.15, 0.2) is 24.3 Å². The zero-order chi connectivity index (χ0) is 14.5. The smallest absolute Gasteiger partial charge is 0.163 e. The van der Waals surface area contributed by atoms with Gasteiger partial charge in [0.1, 0.15) is 12.4 Å². The van der Waals surface area contributed by atoms with Crippen LogP contribution in [0.3, 0.4) is 0 Å². The molecule has 0 aliphatic carbocycles. The Bertz CT molecular complexity index is 451. The predicted octanol–water partition coefficient (Wildman–Crippen LogP) is 2.38. The first-order chi connectivity index (χ1) is 9.56. The standard InChI is InChI=1S/C16H23NO3/c1-12-10-17(11-13(2)20-12)8-9-19-16-7-5-4-6-15(16)14(3)18/h4-7,12-13H,8-11H2,1-3H3. The fraction of sp³-hybridized carbons (Fsp3) is 0.562. The van der Waals surface area contributed by atoms with Crippen molar-refractivity contribution in [1.82, 2.24) is 4.90 Å². The van der Waals surface area contributed by atoms with Crippen molar-refractivity contribution in [3.63, 3.8) is 0 Å². The van der Waals surface area contributed by atoms with E-state index in [1.165, 1.54) is 0 Å². The number of morpholine rings is 1. The first-order valence-electron chi connectivity index (χ1n) is 7.17. The van der Waals surface area contributed by atoms with Crippen molar-refractivity contribution in [3.05, 3.63) is 29.8 Å². The Morgan fingerprint density at radius 2 is 1.95 bits per heavy atom. The number of rotatable bonds is 5. The summed E-state index contributed by atoms with van der Waals surface area (Å²) in [6.45, 7) is 9.05. The monoisotopic (exact) mass is 277 g/mol. The van der Waals surface area contributed by atoms with E-state index < -0.39 is 0 Å². The maximum absolute atomic E-state index is 11.5. The molecular weight excluding hydrogens is 254 g/mol. The minimum Gasteiger partial charge on any atom is -0.491 e. The maximum Gasteiger partial charge on any atom is 0.163 e. The summed E-state index contributed by atoms with van der Waals surface area (Å²) >= 11 is 0. The van der Waals surface area contributed by atoms with E-state index >= 15 is 0 Å². The Labute approximate surface area is 120 Å². The highest BCUT2D eigenvalue weighted by Gasteiger charge is 2.21. The van der Waals surface area contributed by atoms with Gasteiger partial charge in [-0.1, -0.05) is 12.1 Å². The van der Waals surface area contributed by atoms with Gasteiger partial charge >= 0.3 is 0 Å². The minimum absolute atomic E-state index is 0.0363.